The van der Waals surface area contributed by atoms with Gasteiger partial charge in [0.15, 0.2) is 0 Å². The fraction of sp³-hybridized carbons (Fsp3) is 0.0800. The van der Waals surface area contributed by atoms with Crippen molar-refractivity contribution in [2.24, 2.45) is 0 Å². The van der Waals surface area contributed by atoms with E-state index < -0.39 is 11.8 Å². The lowest BCUT2D eigenvalue weighted by molar-refractivity contribution is -0.138. The summed E-state index contributed by atoms with van der Waals surface area (Å²) in [5.74, 6) is -1.29. The molecule has 1 heterocycles. The molecule has 0 radical (unpaired) electrons. The number of nitrogens with zero attached hydrogens (tertiary/aromatic N) is 1. The number of hydrogen-bond acceptors (Lipinski definition) is 4. The maximum absolute atomic E-state index is 12.8. The van der Waals surface area contributed by atoms with Crippen LogP contribution >= 0.6 is 34.2 Å². The summed E-state index contributed by atoms with van der Waals surface area (Å²) >= 11 is 8.39. The minimum absolute atomic E-state index is 0.0179. The first-order chi connectivity index (χ1) is 15.8. The van der Waals surface area contributed by atoms with Gasteiger partial charge in [0.1, 0.15) is 10.7 Å². The van der Waals surface area contributed by atoms with E-state index in [1.807, 2.05) is 55.5 Å². The smallest absolute Gasteiger partial charge is 0.279 e. The third-order valence-corrected chi connectivity index (χ3v) is 6.17. The molecule has 0 saturated carbocycles. The Labute approximate surface area is 209 Å². The highest BCUT2D eigenvalue weighted by atomic mass is 127. The van der Waals surface area contributed by atoms with Crippen molar-refractivity contribution >= 4 is 63.3 Å². The number of hydrogen-bond donors (Lipinski definition) is 2. The van der Waals surface area contributed by atoms with Crippen LogP contribution in [-0.2, 0) is 16.1 Å². The summed E-state index contributed by atoms with van der Waals surface area (Å²) < 4.78 is 1.09. The molecule has 8 heteroatoms. The Hall–Kier alpha value is -3.17. The second-order valence-corrected chi connectivity index (χ2v) is 9.11. The topological polar surface area (TPSA) is 78.5 Å². The third kappa shape index (κ3) is 5.09. The normalized spacial score (nSPS) is 13.5. The molecule has 0 spiro atoms. The molecule has 2 N–H and O–H groups in total. The Balaban J connectivity index is 1.44. The third-order valence-electron chi connectivity index (χ3n) is 5.15. The molecular weight excluding hydrogens is 553 g/mol. The van der Waals surface area contributed by atoms with E-state index in [9.17, 15) is 14.4 Å². The summed E-state index contributed by atoms with van der Waals surface area (Å²) in [6.07, 6.45) is 0. The second-order valence-electron chi connectivity index (χ2n) is 7.49. The Morgan fingerprint density at radius 2 is 1.67 bits per heavy atom. The highest BCUT2D eigenvalue weighted by molar-refractivity contribution is 14.1. The van der Waals surface area contributed by atoms with Gasteiger partial charge < -0.3 is 10.6 Å². The van der Waals surface area contributed by atoms with Crippen molar-refractivity contribution in [2.75, 3.05) is 10.6 Å². The van der Waals surface area contributed by atoms with Crippen LogP contribution in [0.25, 0.3) is 0 Å². The van der Waals surface area contributed by atoms with Crippen molar-refractivity contribution in [2.45, 2.75) is 13.5 Å². The van der Waals surface area contributed by atoms with E-state index >= 15 is 0 Å². The molecule has 1 aliphatic heterocycles. The summed E-state index contributed by atoms with van der Waals surface area (Å²) in [5, 5.41) is 5.66. The zero-order valence-corrected chi connectivity index (χ0v) is 20.5. The molecule has 4 rings (SSSR count). The van der Waals surface area contributed by atoms with Crippen molar-refractivity contribution in [3.8, 4) is 0 Å². The average molecular weight is 572 g/mol. The van der Waals surface area contributed by atoms with E-state index in [1.165, 1.54) is 0 Å². The number of carbonyl (C=O) groups is 3. The molecule has 3 aromatic rings. The average Bonchev–Trinajstić information content (AvgIpc) is 3.00. The number of nitrogens with one attached hydrogen (secondary N) is 2. The van der Waals surface area contributed by atoms with Gasteiger partial charge in [0.05, 0.1) is 6.54 Å². The first kappa shape index (κ1) is 23.0. The molecule has 3 amide bonds. The van der Waals surface area contributed by atoms with Crippen LogP contribution in [0.3, 0.4) is 0 Å². The zero-order valence-electron chi connectivity index (χ0n) is 17.6. The molecule has 166 valence electrons. The van der Waals surface area contributed by atoms with E-state index in [4.69, 9.17) is 11.6 Å². The van der Waals surface area contributed by atoms with E-state index in [1.54, 1.807) is 24.3 Å². The minimum atomic E-state index is -0.545. The molecule has 1 aliphatic rings. The van der Waals surface area contributed by atoms with Crippen molar-refractivity contribution in [1.29, 1.82) is 0 Å². The van der Waals surface area contributed by atoms with Crippen LogP contribution in [0, 0.1) is 10.5 Å². The number of benzene rings is 3. The fourth-order valence-corrected chi connectivity index (χ4v) is 4.25. The number of halogens is 2. The predicted octanol–water partition coefficient (Wildman–Crippen LogP) is 5.28. The molecule has 0 bridgehead atoms. The SMILES string of the molecule is Cc1cc(I)ccc1NC(=O)c1ccc(NC2=C(Cl)C(=O)N(Cc3ccccc3)C2=O)cc1. The number of imide groups is 1. The van der Waals surface area contributed by atoms with Crippen LogP contribution < -0.4 is 10.6 Å². The second kappa shape index (κ2) is 9.76. The molecule has 0 unspecified atom stereocenters. The Bertz CT molecular complexity index is 1270. The van der Waals surface area contributed by atoms with E-state index in [-0.39, 0.29) is 23.2 Å². The molecule has 3 aromatic carbocycles. The van der Waals surface area contributed by atoms with Gasteiger partial charge in [-0.1, -0.05) is 41.9 Å². The molecule has 0 fully saturated rings. The molecule has 0 aliphatic carbocycles. The van der Waals surface area contributed by atoms with Gasteiger partial charge in [-0.2, -0.15) is 0 Å². The van der Waals surface area contributed by atoms with Crippen molar-refractivity contribution < 1.29 is 14.4 Å². The molecule has 0 saturated heterocycles. The van der Waals surface area contributed by atoms with Gasteiger partial charge >= 0.3 is 0 Å². The summed E-state index contributed by atoms with van der Waals surface area (Å²) in [4.78, 5) is 39.0. The number of aryl methyl sites for hydroxylation is 1. The first-order valence-electron chi connectivity index (χ1n) is 10.1. The monoisotopic (exact) mass is 571 g/mol. The van der Waals surface area contributed by atoms with Crippen LogP contribution in [0.4, 0.5) is 11.4 Å². The van der Waals surface area contributed by atoms with Crippen LogP contribution in [0.15, 0.2) is 83.5 Å². The van der Waals surface area contributed by atoms with Gasteiger partial charge in [0, 0.05) is 20.5 Å². The molecule has 33 heavy (non-hydrogen) atoms. The lowest BCUT2D eigenvalue weighted by Crippen LogP contribution is -2.31. The summed E-state index contributed by atoms with van der Waals surface area (Å²) in [6.45, 7) is 2.07. The fourth-order valence-electron chi connectivity index (χ4n) is 3.38. The lowest BCUT2D eigenvalue weighted by atomic mass is 10.1. The van der Waals surface area contributed by atoms with Gasteiger partial charge in [-0.3, -0.25) is 19.3 Å². The van der Waals surface area contributed by atoms with E-state index in [0.29, 0.717) is 11.3 Å². The standard InChI is InChI=1S/C25H19ClIN3O3/c1-15-13-18(27)9-12-20(15)29-23(31)17-7-10-19(11-8-17)28-22-21(26)24(32)30(25(22)33)14-16-5-3-2-4-6-16/h2-13,28H,14H2,1H3,(H,29,31). The van der Waals surface area contributed by atoms with E-state index in [0.717, 1.165) is 25.3 Å². The van der Waals surface area contributed by atoms with Crippen LogP contribution in [0.2, 0.25) is 0 Å². The van der Waals surface area contributed by atoms with Gasteiger partial charge in [-0.15, -0.1) is 0 Å². The van der Waals surface area contributed by atoms with Crippen molar-refractivity contribution in [3.63, 3.8) is 0 Å². The highest BCUT2D eigenvalue weighted by Gasteiger charge is 2.37. The summed E-state index contributed by atoms with van der Waals surface area (Å²) in [7, 11) is 0. The minimum Gasteiger partial charge on any atom is -0.350 e. The van der Waals surface area contributed by atoms with Crippen molar-refractivity contribution in [3.05, 3.63) is 104 Å². The van der Waals surface area contributed by atoms with E-state index in [2.05, 4.69) is 33.2 Å². The van der Waals surface area contributed by atoms with Crippen LogP contribution in [-0.4, -0.2) is 22.6 Å². The summed E-state index contributed by atoms with van der Waals surface area (Å²) in [5.41, 5.74) is 3.55. The molecular formula is C25H19ClIN3O3. The number of carbonyl (C=O) groups excluding carboxylic acids is 3. The van der Waals surface area contributed by atoms with Gasteiger partial charge in [0.2, 0.25) is 0 Å². The Morgan fingerprint density at radius 1 is 0.970 bits per heavy atom. The zero-order chi connectivity index (χ0) is 23.5. The predicted molar refractivity (Wildman–Crippen MR) is 137 cm³/mol. The molecule has 6 nitrogen and oxygen atoms in total. The van der Waals surface area contributed by atoms with Crippen LogP contribution in [0.5, 0.6) is 0 Å². The molecule has 0 atom stereocenters. The first-order valence-corrected chi connectivity index (χ1v) is 11.5. The Kier molecular flexibility index (Phi) is 6.80. The quantitative estimate of drug-likeness (QED) is 0.312. The summed E-state index contributed by atoms with van der Waals surface area (Å²) in [6, 6.07) is 21.6. The van der Waals surface area contributed by atoms with Crippen molar-refractivity contribution in [1.82, 2.24) is 4.90 Å². The number of anilines is 2. The number of rotatable bonds is 6. The van der Waals surface area contributed by atoms with Gasteiger partial charge in [-0.25, -0.2) is 0 Å². The maximum Gasteiger partial charge on any atom is 0.279 e. The van der Waals surface area contributed by atoms with Crippen LogP contribution in [0.1, 0.15) is 21.5 Å². The lowest BCUT2D eigenvalue weighted by Gasteiger charge is -2.15. The highest BCUT2D eigenvalue weighted by Crippen LogP contribution is 2.27. The maximum atomic E-state index is 12.8. The molecule has 0 aromatic heterocycles. The number of amides is 3. The largest absolute Gasteiger partial charge is 0.350 e. The Morgan fingerprint density at radius 3 is 2.33 bits per heavy atom. The van der Waals surface area contributed by atoms with Gasteiger partial charge in [0.25, 0.3) is 17.7 Å². The van der Waals surface area contributed by atoms with Gasteiger partial charge in [-0.05, 0) is 83.1 Å².